The van der Waals surface area contributed by atoms with Crippen LogP contribution in [0.1, 0.15) is 66.4 Å². The summed E-state index contributed by atoms with van der Waals surface area (Å²) in [5.74, 6) is 0.394. The number of hydrogen-bond donors (Lipinski definition) is 1. The molecule has 3 fully saturated rings. The van der Waals surface area contributed by atoms with Crippen molar-refractivity contribution in [2.45, 2.75) is 59.0 Å². The molecular formula is C32H38FN5O3. The highest BCUT2D eigenvalue weighted by atomic mass is 19.1. The molecule has 8 nitrogen and oxygen atoms in total. The zero-order valence-electron chi connectivity index (χ0n) is 24.2. The highest BCUT2D eigenvalue weighted by Crippen LogP contribution is 2.45. The largest absolute Gasteiger partial charge is 0.341 e. The third-order valence-electron chi connectivity index (χ3n) is 9.36. The van der Waals surface area contributed by atoms with Gasteiger partial charge in [0.2, 0.25) is 5.91 Å². The standard InChI is InChI=1S/C32H38FN5O3/c1-5-37(18(2)3)31(40)25-15-22(33)6-7-26(25)38-19(4)28(23-8-11-34-17-27(23)38)30(39)20-9-12-36(13-10-20)32(41)29-24-14-21(24)16-35-29/h6-8,11,15,17-18,20-21,24,29,35H,5,9-10,12-14,16H2,1-4H3/t21-,24-,29+/m0/s1. The van der Waals surface area contributed by atoms with Crippen LogP contribution in [0.15, 0.2) is 36.7 Å². The minimum atomic E-state index is -0.494. The van der Waals surface area contributed by atoms with E-state index in [-0.39, 0.29) is 41.2 Å². The maximum Gasteiger partial charge on any atom is 0.256 e. The van der Waals surface area contributed by atoms with Gasteiger partial charge in [-0.05, 0) is 89.6 Å². The zero-order valence-corrected chi connectivity index (χ0v) is 24.2. The topological polar surface area (TPSA) is 87.5 Å². The smallest absolute Gasteiger partial charge is 0.256 e. The molecule has 3 atom stereocenters. The monoisotopic (exact) mass is 559 g/mol. The zero-order chi connectivity index (χ0) is 29.0. The van der Waals surface area contributed by atoms with Crippen LogP contribution >= 0.6 is 0 Å². The Bertz CT molecular complexity index is 1520. The predicted molar refractivity (Wildman–Crippen MR) is 155 cm³/mol. The highest BCUT2D eigenvalue weighted by Gasteiger charge is 2.52. The second-order valence-corrected chi connectivity index (χ2v) is 12.0. The lowest BCUT2D eigenvalue weighted by atomic mass is 9.87. The minimum absolute atomic E-state index is 0.0400. The fourth-order valence-electron chi connectivity index (χ4n) is 7.03. The Labute approximate surface area is 239 Å². The minimum Gasteiger partial charge on any atom is -0.341 e. The SMILES string of the molecule is CCN(C(=O)c1cc(F)ccc1-n1c(C)c(C(=O)C2CCN(C(=O)[C@@H]3NC[C@@H]4C[C@@H]43)CC2)c2ccncc21)C(C)C. The van der Waals surface area contributed by atoms with Crippen molar-refractivity contribution in [2.75, 3.05) is 26.2 Å². The van der Waals surface area contributed by atoms with Crippen LogP contribution in [-0.2, 0) is 4.79 Å². The third kappa shape index (κ3) is 4.74. The second-order valence-electron chi connectivity index (χ2n) is 12.0. The summed E-state index contributed by atoms with van der Waals surface area (Å²) in [7, 11) is 0. The van der Waals surface area contributed by atoms with Crippen molar-refractivity contribution in [1.82, 2.24) is 24.7 Å². The molecular weight excluding hydrogens is 521 g/mol. The Kier molecular flexibility index (Phi) is 7.18. The molecule has 6 rings (SSSR count). The molecule has 2 amide bonds. The van der Waals surface area contributed by atoms with Crippen molar-refractivity contribution in [1.29, 1.82) is 0 Å². The van der Waals surface area contributed by atoms with E-state index < -0.39 is 5.82 Å². The summed E-state index contributed by atoms with van der Waals surface area (Å²) >= 11 is 0. The van der Waals surface area contributed by atoms with Gasteiger partial charge >= 0.3 is 0 Å². The van der Waals surface area contributed by atoms with Gasteiger partial charge in [-0.2, -0.15) is 0 Å². The molecule has 0 spiro atoms. The normalized spacial score (nSPS) is 22.3. The number of hydrogen-bond acceptors (Lipinski definition) is 5. The Balaban J connectivity index is 1.32. The van der Waals surface area contributed by atoms with Crippen molar-refractivity contribution in [3.63, 3.8) is 0 Å². The lowest BCUT2D eigenvalue weighted by molar-refractivity contribution is -0.134. The van der Waals surface area contributed by atoms with Crippen LogP contribution in [0.3, 0.4) is 0 Å². The molecule has 3 aliphatic rings. The van der Waals surface area contributed by atoms with E-state index in [9.17, 15) is 18.8 Å². The van der Waals surface area contributed by atoms with E-state index in [1.165, 1.54) is 12.1 Å². The molecule has 1 aromatic carbocycles. The Morgan fingerprint density at radius 3 is 2.56 bits per heavy atom. The number of amides is 2. The first-order valence-electron chi connectivity index (χ1n) is 14.8. The molecule has 1 saturated carbocycles. The first kappa shape index (κ1) is 27.6. The number of piperidine rings is 2. The molecule has 1 aliphatic carbocycles. The van der Waals surface area contributed by atoms with E-state index in [1.807, 2.05) is 43.2 Å². The number of benzene rings is 1. The van der Waals surface area contributed by atoms with Gasteiger partial charge < -0.3 is 19.7 Å². The number of carbonyl (C=O) groups excluding carboxylic acids is 3. The molecule has 9 heteroatoms. The molecule has 2 aliphatic heterocycles. The van der Waals surface area contributed by atoms with Gasteiger partial charge in [-0.25, -0.2) is 4.39 Å². The Morgan fingerprint density at radius 1 is 1.17 bits per heavy atom. The maximum absolute atomic E-state index is 14.5. The van der Waals surface area contributed by atoms with Crippen molar-refractivity contribution in [3.8, 4) is 5.69 Å². The van der Waals surface area contributed by atoms with Gasteiger partial charge in [0.25, 0.3) is 5.91 Å². The molecule has 2 aromatic heterocycles. The van der Waals surface area contributed by atoms with Crippen LogP contribution in [0.2, 0.25) is 0 Å². The molecule has 0 unspecified atom stereocenters. The second kappa shape index (κ2) is 10.7. The average molecular weight is 560 g/mol. The highest BCUT2D eigenvalue weighted by molar-refractivity contribution is 6.11. The van der Waals surface area contributed by atoms with E-state index in [0.29, 0.717) is 66.8 Å². The maximum atomic E-state index is 14.5. The van der Waals surface area contributed by atoms with Gasteiger partial charge in [-0.15, -0.1) is 0 Å². The average Bonchev–Trinajstić information content (AvgIpc) is 3.52. The molecule has 3 aromatic rings. The third-order valence-corrected chi connectivity index (χ3v) is 9.36. The van der Waals surface area contributed by atoms with E-state index >= 15 is 0 Å². The van der Waals surface area contributed by atoms with Crippen LogP contribution in [0.25, 0.3) is 16.6 Å². The van der Waals surface area contributed by atoms with Crippen molar-refractivity contribution >= 4 is 28.5 Å². The fourth-order valence-corrected chi connectivity index (χ4v) is 7.03. The number of fused-ring (bicyclic) bond motifs is 2. The number of Topliss-reactive ketones (excluding diaryl/α,β-unsaturated/α-hetero) is 1. The first-order valence-corrected chi connectivity index (χ1v) is 14.8. The van der Waals surface area contributed by atoms with Crippen LogP contribution in [0.4, 0.5) is 4.39 Å². The number of aromatic nitrogens is 2. The molecule has 4 heterocycles. The number of carbonyl (C=O) groups is 3. The summed E-state index contributed by atoms with van der Waals surface area (Å²) in [5, 5.41) is 4.13. The van der Waals surface area contributed by atoms with Crippen molar-refractivity contribution < 1.29 is 18.8 Å². The summed E-state index contributed by atoms with van der Waals surface area (Å²) in [6.07, 6.45) is 5.73. The molecule has 0 bridgehead atoms. The summed E-state index contributed by atoms with van der Waals surface area (Å²) in [6, 6.07) is 5.94. The quantitative estimate of drug-likeness (QED) is 0.435. The number of pyridine rings is 1. The van der Waals surface area contributed by atoms with E-state index in [4.69, 9.17) is 0 Å². The molecule has 41 heavy (non-hydrogen) atoms. The number of likely N-dealkylation sites (tertiary alicyclic amines) is 1. The van der Waals surface area contributed by atoms with E-state index in [2.05, 4.69) is 10.3 Å². The van der Waals surface area contributed by atoms with Gasteiger partial charge in [0.05, 0.1) is 29.0 Å². The lowest BCUT2D eigenvalue weighted by Gasteiger charge is -2.33. The van der Waals surface area contributed by atoms with Gasteiger partial charge in [0.15, 0.2) is 5.78 Å². The lowest BCUT2D eigenvalue weighted by Crippen LogP contribution is -2.49. The number of rotatable bonds is 7. The summed E-state index contributed by atoms with van der Waals surface area (Å²) < 4.78 is 16.4. The number of halogens is 1. The molecule has 216 valence electrons. The molecule has 1 N–H and O–H groups in total. The Morgan fingerprint density at radius 2 is 1.93 bits per heavy atom. The van der Waals surface area contributed by atoms with Crippen LogP contribution < -0.4 is 5.32 Å². The van der Waals surface area contributed by atoms with E-state index in [1.54, 1.807) is 23.4 Å². The van der Waals surface area contributed by atoms with Crippen LogP contribution in [0.5, 0.6) is 0 Å². The van der Waals surface area contributed by atoms with Gasteiger partial charge in [-0.3, -0.25) is 19.4 Å². The first-order chi connectivity index (χ1) is 19.7. The molecule has 0 radical (unpaired) electrons. The summed E-state index contributed by atoms with van der Waals surface area (Å²) in [4.78, 5) is 48.8. The van der Waals surface area contributed by atoms with Crippen molar-refractivity contribution in [2.24, 2.45) is 17.8 Å². The number of nitrogens with one attached hydrogen (secondary N) is 1. The van der Waals surface area contributed by atoms with Crippen molar-refractivity contribution in [3.05, 3.63) is 59.3 Å². The van der Waals surface area contributed by atoms with Gasteiger partial charge in [-0.1, -0.05) is 0 Å². The summed E-state index contributed by atoms with van der Waals surface area (Å²) in [5.41, 5.74) is 2.76. The van der Waals surface area contributed by atoms with E-state index in [0.717, 1.165) is 18.4 Å². The summed E-state index contributed by atoms with van der Waals surface area (Å²) in [6.45, 7) is 10.2. The van der Waals surface area contributed by atoms with Gasteiger partial charge in [0.1, 0.15) is 5.82 Å². The van der Waals surface area contributed by atoms with Gasteiger partial charge in [0, 0.05) is 54.4 Å². The Hall–Kier alpha value is -3.59. The molecule has 2 saturated heterocycles. The number of nitrogens with zero attached hydrogens (tertiary/aromatic N) is 4. The number of ketones is 1. The van der Waals surface area contributed by atoms with Crippen LogP contribution in [-0.4, -0.2) is 75.2 Å². The fraction of sp³-hybridized carbons (Fsp3) is 0.500. The predicted octanol–water partition coefficient (Wildman–Crippen LogP) is 4.37. The van der Waals surface area contributed by atoms with Crippen LogP contribution in [0, 0.1) is 30.5 Å².